The molecule has 2 N–H and O–H groups in total. The molecule has 5 heteroatoms. The quantitative estimate of drug-likeness (QED) is 0.380. The van der Waals surface area contributed by atoms with Crippen LogP contribution in [0.2, 0.25) is 0 Å². The molecule has 0 aliphatic carbocycles. The van der Waals surface area contributed by atoms with E-state index in [1.165, 1.54) is 0 Å². The fourth-order valence-electron chi connectivity index (χ4n) is 1.39. The zero-order valence-electron chi connectivity index (χ0n) is 9.01. The van der Waals surface area contributed by atoms with Crippen molar-refractivity contribution in [1.82, 2.24) is 9.97 Å². The number of anilines is 1. The molecule has 0 aliphatic rings. The van der Waals surface area contributed by atoms with E-state index in [-0.39, 0.29) is 0 Å². The van der Waals surface area contributed by atoms with E-state index in [1.807, 2.05) is 18.2 Å². The van der Waals surface area contributed by atoms with Crippen molar-refractivity contribution in [2.75, 3.05) is 25.2 Å². The van der Waals surface area contributed by atoms with Gasteiger partial charge in [-0.25, -0.2) is 9.97 Å². The number of ether oxygens (including phenoxy) is 1. The lowest BCUT2D eigenvalue weighted by molar-refractivity contribution is 0.218. The van der Waals surface area contributed by atoms with Crippen molar-refractivity contribution in [3.63, 3.8) is 0 Å². The maximum Gasteiger partial charge on any atom is 0.117 e. The number of thioether (sulfide) groups is 1. The summed E-state index contributed by atoms with van der Waals surface area (Å²) in [5, 5.41) is 2.01. The highest BCUT2D eigenvalue weighted by molar-refractivity contribution is 7.99. The molecule has 0 saturated carbocycles. The van der Waals surface area contributed by atoms with Gasteiger partial charge < -0.3 is 10.5 Å². The predicted octanol–water partition coefficient (Wildman–Crippen LogP) is 1.95. The standard InChI is InChI=1S/C11H13N3OS/c1-15-4-5-16-11-9-3-2-8(12)6-10(9)13-7-14-11/h2-3,6-7H,4-5,12H2,1H3. The summed E-state index contributed by atoms with van der Waals surface area (Å²) < 4.78 is 5.01. The molecule has 1 aromatic carbocycles. The van der Waals surface area contributed by atoms with Crippen LogP contribution in [0.15, 0.2) is 29.6 Å². The first-order valence-corrected chi connectivity index (χ1v) is 5.92. The minimum absolute atomic E-state index is 0.713. The van der Waals surface area contributed by atoms with Crippen molar-refractivity contribution in [2.45, 2.75) is 5.03 Å². The zero-order chi connectivity index (χ0) is 11.4. The topological polar surface area (TPSA) is 61.0 Å². The maximum atomic E-state index is 5.71. The first-order valence-electron chi connectivity index (χ1n) is 4.93. The predicted molar refractivity (Wildman–Crippen MR) is 66.6 cm³/mol. The lowest BCUT2D eigenvalue weighted by Crippen LogP contribution is -1.94. The van der Waals surface area contributed by atoms with Gasteiger partial charge in [0.2, 0.25) is 0 Å². The summed E-state index contributed by atoms with van der Waals surface area (Å²) in [6.07, 6.45) is 1.57. The normalized spacial score (nSPS) is 10.8. The Morgan fingerprint density at radius 1 is 1.38 bits per heavy atom. The molecule has 0 bridgehead atoms. The van der Waals surface area contributed by atoms with Crippen molar-refractivity contribution in [2.24, 2.45) is 0 Å². The minimum atomic E-state index is 0.713. The van der Waals surface area contributed by atoms with E-state index in [0.29, 0.717) is 6.61 Å². The van der Waals surface area contributed by atoms with E-state index in [9.17, 15) is 0 Å². The van der Waals surface area contributed by atoms with Crippen LogP contribution in [0.1, 0.15) is 0 Å². The number of methoxy groups -OCH3 is 1. The molecule has 16 heavy (non-hydrogen) atoms. The summed E-state index contributed by atoms with van der Waals surface area (Å²) in [5.74, 6) is 0.882. The first-order chi connectivity index (χ1) is 7.81. The molecular weight excluding hydrogens is 222 g/mol. The molecule has 0 aliphatic heterocycles. The fraction of sp³-hybridized carbons (Fsp3) is 0.273. The number of benzene rings is 1. The Labute approximate surface area is 98.2 Å². The van der Waals surface area contributed by atoms with Crippen LogP contribution in [0.5, 0.6) is 0 Å². The summed E-state index contributed by atoms with van der Waals surface area (Å²) in [5.41, 5.74) is 7.31. The SMILES string of the molecule is COCCSc1ncnc2cc(N)ccc12. The maximum absolute atomic E-state index is 5.71. The molecule has 2 aromatic rings. The molecule has 1 aromatic heterocycles. The van der Waals surface area contributed by atoms with Gasteiger partial charge in [0.05, 0.1) is 12.1 Å². The number of rotatable bonds is 4. The van der Waals surface area contributed by atoms with E-state index in [1.54, 1.807) is 25.2 Å². The van der Waals surface area contributed by atoms with Crippen molar-refractivity contribution in [3.8, 4) is 0 Å². The van der Waals surface area contributed by atoms with Gasteiger partial charge in [-0.1, -0.05) is 0 Å². The van der Waals surface area contributed by atoms with Crippen molar-refractivity contribution in [1.29, 1.82) is 0 Å². The molecule has 0 spiro atoms. The van der Waals surface area contributed by atoms with Crippen LogP contribution >= 0.6 is 11.8 Å². The summed E-state index contributed by atoms with van der Waals surface area (Å²) >= 11 is 1.66. The van der Waals surface area contributed by atoms with Gasteiger partial charge in [-0.3, -0.25) is 0 Å². The van der Waals surface area contributed by atoms with E-state index < -0.39 is 0 Å². The Morgan fingerprint density at radius 2 is 2.25 bits per heavy atom. The van der Waals surface area contributed by atoms with Gasteiger partial charge in [-0.05, 0) is 18.2 Å². The second-order valence-corrected chi connectivity index (χ2v) is 4.38. The summed E-state index contributed by atoms with van der Waals surface area (Å²) in [6.45, 7) is 0.713. The van der Waals surface area contributed by atoms with E-state index in [2.05, 4.69) is 9.97 Å². The van der Waals surface area contributed by atoms with Crippen molar-refractivity contribution in [3.05, 3.63) is 24.5 Å². The lowest BCUT2D eigenvalue weighted by atomic mass is 10.2. The van der Waals surface area contributed by atoms with Crippen LogP contribution in [0.25, 0.3) is 10.9 Å². The van der Waals surface area contributed by atoms with Crippen LogP contribution in [0.4, 0.5) is 5.69 Å². The summed E-state index contributed by atoms with van der Waals surface area (Å²) in [4.78, 5) is 8.46. The van der Waals surface area contributed by atoms with Crippen LogP contribution < -0.4 is 5.73 Å². The Balaban J connectivity index is 2.30. The van der Waals surface area contributed by atoms with Gasteiger partial charge in [0.1, 0.15) is 11.4 Å². The Morgan fingerprint density at radius 3 is 3.06 bits per heavy atom. The summed E-state index contributed by atoms with van der Waals surface area (Å²) in [7, 11) is 1.69. The van der Waals surface area contributed by atoms with Gasteiger partial charge in [0.15, 0.2) is 0 Å². The third-order valence-electron chi connectivity index (χ3n) is 2.15. The second-order valence-electron chi connectivity index (χ2n) is 3.30. The largest absolute Gasteiger partial charge is 0.399 e. The van der Waals surface area contributed by atoms with Crippen molar-refractivity contribution < 1.29 is 4.74 Å². The van der Waals surface area contributed by atoms with Crippen molar-refractivity contribution >= 4 is 28.4 Å². The molecule has 4 nitrogen and oxygen atoms in total. The third kappa shape index (κ3) is 2.43. The highest BCUT2D eigenvalue weighted by Gasteiger charge is 2.04. The van der Waals surface area contributed by atoms with Gasteiger partial charge in [0, 0.05) is 23.9 Å². The van der Waals surface area contributed by atoms with Gasteiger partial charge in [0.25, 0.3) is 0 Å². The molecule has 84 valence electrons. The highest BCUT2D eigenvalue weighted by Crippen LogP contribution is 2.25. The molecule has 0 unspecified atom stereocenters. The third-order valence-corrected chi connectivity index (χ3v) is 3.12. The molecule has 1 heterocycles. The number of hydrogen-bond donors (Lipinski definition) is 1. The Bertz CT molecular complexity index is 490. The van der Waals surface area contributed by atoms with Gasteiger partial charge in [-0.15, -0.1) is 11.8 Å². The average Bonchev–Trinajstić information content (AvgIpc) is 2.29. The van der Waals surface area contributed by atoms with Crippen LogP contribution in [0, 0.1) is 0 Å². The van der Waals surface area contributed by atoms with Gasteiger partial charge >= 0.3 is 0 Å². The molecule has 0 atom stereocenters. The zero-order valence-corrected chi connectivity index (χ0v) is 9.83. The number of fused-ring (bicyclic) bond motifs is 1. The smallest absolute Gasteiger partial charge is 0.117 e. The molecule has 2 rings (SSSR count). The van der Waals surface area contributed by atoms with E-state index in [4.69, 9.17) is 10.5 Å². The minimum Gasteiger partial charge on any atom is -0.399 e. The lowest BCUT2D eigenvalue weighted by Gasteiger charge is -2.04. The van der Waals surface area contributed by atoms with Crippen LogP contribution in [0.3, 0.4) is 0 Å². The number of nitrogens with two attached hydrogens (primary N) is 1. The number of nitrogens with zero attached hydrogens (tertiary/aromatic N) is 2. The van der Waals surface area contributed by atoms with E-state index in [0.717, 1.165) is 27.4 Å². The number of aromatic nitrogens is 2. The Kier molecular flexibility index (Phi) is 3.58. The molecular formula is C11H13N3OS. The van der Waals surface area contributed by atoms with Gasteiger partial charge in [-0.2, -0.15) is 0 Å². The highest BCUT2D eigenvalue weighted by atomic mass is 32.2. The van der Waals surface area contributed by atoms with E-state index >= 15 is 0 Å². The number of nitrogen functional groups attached to an aromatic ring is 1. The summed E-state index contributed by atoms with van der Waals surface area (Å²) in [6, 6.07) is 5.68. The average molecular weight is 235 g/mol. The molecule has 0 fully saturated rings. The molecule has 0 amide bonds. The van der Waals surface area contributed by atoms with Crippen LogP contribution in [-0.2, 0) is 4.74 Å². The molecule has 0 radical (unpaired) electrons. The fourth-order valence-corrected chi connectivity index (χ4v) is 2.28. The molecule has 0 saturated heterocycles. The van der Waals surface area contributed by atoms with Crippen LogP contribution in [-0.4, -0.2) is 29.4 Å². The number of hydrogen-bond acceptors (Lipinski definition) is 5. The second kappa shape index (κ2) is 5.14. The monoisotopic (exact) mass is 235 g/mol. The Hall–Kier alpha value is -1.33. The first kappa shape index (κ1) is 11.2.